The lowest BCUT2D eigenvalue weighted by atomic mass is 9.89. The summed E-state index contributed by atoms with van der Waals surface area (Å²) in [7, 11) is 0. The van der Waals surface area contributed by atoms with Gasteiger partial charge in [0.1, 0.15) is 17.4 Å². The topological polar surface area (TPSA) is 49.3 Å². The molecule has 27 heavy (non-hydrogen) atoms. The Kier molecular flexibility index (Phi) is 7.22. The number of hydrogen-bond donors (Lipinski definition) is 0. The summed E-state index contributed by atoms with van der Waals surface area (Å²) in [5.41, 5.74) is 0. The first kappa shape index (κ1) is 20.2. The number of likely N-dealkylation sites (tertiary alicyclic amines) is 1. The van der Waals surface area contributed by atoms with Crippen LogP contribution in [0.4, 0.5) is 5.82 Å². The van der Waals surface area contributed by atoms with Crippen molar-refractivity contribution in [1.82, 2.24) is 14.9 Å². The predicted octanol–water partition coefficient (Wildman–Crippen LogP) is 4.18. The molecule has 0 radical (unpaired) electrons. The Morgan fingerprint density at radius 3 is 2.26 bits per heavy atom. The SMILES string of the molecule is CCC(C)=O.CCN1CC2CCC(C1)N2c1ccnc(C2CCCCC2)n1. The fourth-order valence-corrected chi connectivity index (χ4v) is 4.69. The van der Waals surface area contributed by atoms with Crippen LogP contribution in [0.2, 0.25) is 0 Å². The van der Waals surface area contributed by atoms with Crippen molar-refractivity contribution in [2.45, 2.75) is 90.1 Å². The molecule has 0 amide bonds. The minimum absolute atomic E-state index is 0.255. The Morgan fingerprint density at radius 2 is 1.70 bits per heavy atom. The summed E-state index contributed by atoms with van der Waals surface area (Å²) in [5, 5.41) is 0. The zero-order chi connectivity index (χ0) is 19.2. The highest BCUT2D eigenvalue weighted by Gasteiger charge is 2.40. The van der Waals surface area contributed by atoms with E-state index in [-0.39, 0.29) is 5.78 Å². The van der Waals surface area contributed by atoms with Crippen molar-refractivity contribution >= 4 is 11.6 Å². The van der Waals surface area contributed by atoms with E-state index < -0.39 is 0 Å². The Morgan fingerprint density at radius 1 is 1.07 bits per heavy atom. The molecule has 1 aliphatic carbocycles. The molecule has 5 nitrogen and oxygen atoms in total. The number of aromatic nitrogens is 2. The molecule has 3 fully saturated rings. The first-order valence-electron chi connectivity index (χ1n) is 10.9. The van der Waals surface area contributed by atoms with E-state index in [1.807, 2.05) is 13.1 Å². The van der Waals surface area contributed by atoms with E-state index in [0.717, 1.165) is 5.82 Å². The van der Waals surface area contributed by atoms with Crippen molar-refractivity contribution in [3.63, 3.8) is 0 Å². The first-order chi connectivity index (χ1) is 13.1. The Hall–Kier alpha value is -1.49. The van der Waals surface area contributed by atoms with Gasteiger partial charge in [-0.1, -0.05) is 33.1 Å². The maximum absolute atomic E-state index is 9.81. The third-order valence-electron chi connectivity index (χ3n) is 6.40. The summed E-state index contributed by atoms with van der Waals surface area (Å²) in [6.45, 7) is 9.30. The number of likely N-dealkylation sites (N-methyl/N-ethyl adjacent to an activating group) is 1. The number of carbonyl (C=O) groups excluding carboxylic acids is 1. The van der Waals surface area contributed by atoms with Crippen LogP contribution in [0.25, 0.3) is 0 Å². The van der Waals surface area contributed by atoms with Gasteiger partial charge in [0.2, 0.25) is 0 Å². The fourth-order valence-electron chi connectivity index (χ4n) is 4.69. The van der Waals surface area contributed by atoms with Crippen LogP contribution in [-0.4, -0.2) is 52.4 Å². The van der Waals surface area contributed by atoms with Crippen molar-refractivity contribution in [3.05, 3.63) is 18.1 Å². The average Bonchev–Trinajstić information content (AvgIpc) is 2.98. The predicted molar refractivity (Wildman–Crippen MR) is 110 cm³/mol. The summed E-state index contributed by atoms with van der Waals surface area (Å²) < 4.78 is 0. The van der Waals surface area contributed by atoms with Gasteiger partial charge in [0, 0.05) is 43.7 Å². The minimum atomic E-state index is 0.255. The molecule has 2 atom stereocenters. The molecule has 150 valence electrons. The molecule has 0 aromatic carbocycles. The highest BCUT2D eigenvalue weighted by Crippen LogP contribution is 2.35. The normalized spacial score (nSPS) is 25.8. The number of Topliss-reactive ketones (excluding diaryl/α,β-unsaturated/α-hetero) is 1. The molecular weight excluding hydrogens is 336 g/mol. The fraction of sp³-hybridized carbons (Fsp3) is 0.773. The number of piperazine rings is 1. The van der Waals surface area contributed by atoms with E-state index >= 15 is 0 Å². The molecule has 3 heterocycles. The lowest BCUT2D eigenvalue weighted by Crippen LogP contribution is -2.54. The molecule has 2 aliphatic heterocycles. The Labute approximate surface area is 164 Å². The second-order valence-electron chi connectivity index (χ2n) is 8.31. The van der Waals surface area contributed by atoms with E-state index in [9.17, 15) is 4.79 Å². The third-order valence-corrected chi connectivity index (χ3v) is 6.40. The quantitative estimate of drug-likeness (QED) is 0.793. The second-order valence-corrected chi connectivity index (χ2v) is 8.31. The molecule has 3 aliphatic rings. The lowest BCUT2D eigenvalue weighted by molar-refractivity contribution is -0.116. The van der Waals surface area contributed by atoms with Gasteiger partial charge in [-0.2, -0.15) is 0 Å². The third kappa shape index (κ3) is 5.07. The van der Waals surface area contributed by atoms with Crippen LogP contribution in [0.15, 0.2) is 12.3 Å². The van der Waals surface area contributed by atoms with Crippen LogP contribution in [0.3, 0.4) is 0 Å². The molecule has 1 saturated carbocycles. The maximum Gasteiger partial charge on any atom is 0.133 e. The summed E-state index contributed by atoms with van der Waals surface area (Å²) in [6.07, 6.45) is 11.9. The first-order valence-corrected chi connectivity index (χ1v) is 10.9. The van der Waals surface area contributed by atoms with Crippen molar-refractivity contribution in [1.29, 1.82) is 0 Å². The summed E-state index contributed by atoms with van der Waals surface area (Å²) >= 11 is 0. The van der Waals surface area contributed by atoms with Crippen LogP contribution in [0.5, 0.6) is 0 Å². The number of nitrogens with zero attached hydrogens (tertiary/aromatic N) is 4. The van der Waals surface area contributed by atoms with Crippen molar-refractivity contribution in [2.24, 2.45) is 0 Å². The molecule has 2 bridgehead atoms. The van der Waals surface area contributed by atoms with E-state index in [4.69, 9.17) is 4.98 Å². The monoisotopic (exact) mass is 372 g/mol. The molecule has 0 N–H and O–H groups in total. The molecule has 2 unspecified atom stereocenters. The van der Waals surface area contributed by atoms with E-state index in [1.165, 1.54) is 70.4 Å². The number of hydrogen-bond acceptors (Lipinski definition) is 5. The van der Waals surface area contributed by atoms with Gasteiger partial charge in [-0.15, -0.1) is 0 Å². The van der Waals surface area contributed by atoms with E-state index in [2.05, 4.69) is 27.8 Å². The van der Waals surface area contributed by atoms with Gasteiger partial charge in [-0.25, -0.2) is 9.97 Å². The summed E-state index contributed by atoms with van der Waals surface area (Å²) in [6, 6.07) is 3.46. The number of anilines is 1. The van der Waals surface area contributed by atoms with Crippen molar-refractivity contribution < 1.29 is 4.79 Å². The second kappa shape index (κ2) is 9.63. The molecule has 5 heteroatoms. The van der Waals surface area contributed by atoms with Crippen molar-refractivity contribution in [2.75, 3.05) is 24.5 Å². The average molecular weight is 373 g/mol. The van der Waals surface area contributed by atoms with Crippen LogP contribution in [0, 0.1) is 0 Å². The number of rotatable bonds is 4. The van der Waals surface area contributed by atoms with Gasteiger partial charge < -0.3 is 9.69 Å². The Balaban J connectivity index is 0.000000376. The maximum atomic E-state index is 9.81. The van der Waals surface area contributed by atoms with Crippen LogP contribution in [-0.2, 0) is 4.79 Å². The number of carbonyl (C=O) groups is 1. The van der Waals surface area contributed by atoms with Gasteiger partial charge in [-0.05, 0) is 45.2 Å². The molecule has 0 spiro atoms. The van der Waals surface area contributed by atoms with Crippen LogP contribution in [0.1, 0.15) is 83.9 Å². The molecule has 2 saturated heterocycles. The van der Waals surface area contributed by atoms with E-state index in [1.54, 1.807) is 6.92 Å². The van der Waals surface area contributed by atoms with Gasteiger partial charge in [-0.3, -0.25) is 4.90 Å². The summed E-state index contributed by atoms with van der Waals surface area (Å²) in [5.74, 6) is 3.15. The number of ketones is 1. The smallest absolute Gasteiger partial charge is 0.133 e. The lowest BCUT2D eigenvalue weighted by Gasteiger charge is -2.41. The largest absolute Gasteiger partial charge is 0.348 e. The summed E-state index contributed by atoms with van der Waals surface area (Å²) in [4.78, 5) is 24.6. The molecule has 1 aromatic rings. The standard InChI is InChI=1S/C18H28N4.C4H8O/c1-2-21-12-15-8-9-16(13-21)22(15)17-10-11-19-18(20-17)14-6-4-3-5-7-14;1-3-4(2)5/h10-11,14-16H,2-9,12-13H2,1H3;3H2,1-2H3. The zero-order valence-corrected chi connectivity index (χ0v) is 17.4. The van der Waals surface area contributed by atoms with Crippen LogP contribution < -0.4 is 4.90 Å². The highest BCUT2D eigenvalue weighted by molar-refractivity contribution is 5.74. The van der Waals surface area contributed by atoms with E-state index in [0.29, 0.717) is 24.4 Å². The number of fused-ring (bicyclic) bond motifs is 2. The van der Waals surface area contributed by atoms with Gasteiger partial charge in [0.15, 0.2) is 0 Å². The Bertz CT molecular complexity index is 600. The van der Waals surface area contributed by atoms with Crippen LogP contribution >= 0.6 is 0 Å². The molecular formula is C22H36N4O. The van der Waals surface area contributed by atoms with Gasteiger partial charge in [0.25, 0.3) is 0 Å². The molecule has 1 aromatic heterocycles. The van der Waals surface area contributed by atoms with Gasteiger partial charge >= 0.3 is 0 Å². The molecule has 4 rings (SSSR count). The zero-order valence-electron chi connectivity index (χ0n) is 17.4. The van der Waals surface area contributed by atoms with Crippen molar-refractivity contribution in [3.8, 4) is 0 Å². The highest BCUT2D eigenvalue weighted by atomic mass is 16.1. The van der Waals surface area contributed by atoms with Gasteiger partial charge in [0.05, 0.1) is 0 Å². The minimum Gasteiger partial charge on any atom is -0.348 e.